The first-order valence-corrected chi connectivity index (χ1v) is 7.14. The highest BCUT2D eigenvalue weighted by Gasteiger charge is 2.37. The zero-order valence-corrected chi connectivity index (χ0v) is 8.99. The highest BCUT2D eigenvalue weighted by Crippen LogP contribution is 2.65. The second kappa shape index (κ2) is 3.88. The molecule has 1 fully saturated rings. The van der Waals surface area contributed by atoms with E-state index >= 15 is 0 Å². The van der Waals surface area contributed by atoms with Crippen LogP contribution < -0.4 is 0 Å². The Morgan fingerprint density at radius 2 is 2.07 bits per heavy atom. The van der Waals surface area contributed by atoms with Crippen LogP contribution in [-0.2, 0) is 4.57 Å². The summed E-state index contributed by atoms with van der Waals surface area (Å²) in [5.41, 5.74) is 1.23. The smallest absolute Gasteiger partial charge is 0.119 e. The Labute approximate surface area is 84.3 Å². The van der Waals surface area contributed by atoms with Gasteiger partial charge in [0, 0.05) is 11.8 Å². The highest BCUT2D eigenvalue weighted by molar-refractivity contribution is 7.64. The first-order valence-electron chi connectivity index (χ1n) is 5.00. The van der Waals surface area contributed by atoms with Gasteiger partial charge in [-0.05, 0) is 18.4 Å². The lowest BCUT2D eigenvalue weighted by atomic mass is 10.1. The Morgan fingerprint density at radius 3 is 2.71 bits per heavy atom. The van der Waals surface area contributed by atoms with Gasteiger partial charge in [0.2, 0.25) is 0 Å². The molecule has 1 aromatic carbocycles. The van der Waals surface area contributed by atoms with E-state index in [9.17, 15) is 9.67 Å². The molecule has 2 nitrogen and oxygen atoms in total. The maximum Gasteiger partial charge on any atom is 0.119 e. The molecule has 1 saturated heterocycles. The molecule has 0 amide bonds. The van der Waals surface area contributed by atoms with Crippen molar-refractivity contribution in [1.29, 1.82) is 0 Å². The summed E-state index contributed by atoms with van der Waals surface area (Å²) in [5, 5.41) is 9.19. The number of benzene rings is 1. The third-order valence-electron chi connectivity index (χ3n) is 3.01. The minimum atomic E-state index is -2.33. The molecule has 3 heteroatoms. The Bertz CT molecular complexity index is 348. The van der Waals surface area contributed by atoms with Crippen molar-refractivity contribution in [3.63, 3.8) is 0 Å². The van der Waals surface area contributed by atoms with Gasteiger partial charge >= 0.3 is 0 Å². The van der Waals surface area contributed by atoms with E-state index in [4.69, 9.17) is 0 Å². The van der Waals surface area contributed by atoms with E-state index in [1.54, 1.807) is 0 Å². The van der Waals surface area contributed by atoms with Crippen LogP contribution in [-0.4, -0.2) is 17.6 Å². The van der Waals surface area contributed by atoms with Crippen molar-refractivity contribution >= 4 is 7.14 Å². The molecule has 14 heavy (non-hydrogen) atoms. The lowest BCUT2D eigenvalue weighted by Gasteiger charge is -2.18. The zero-order chi connectivity index (χ0) is 10.0. The molecule has 0 bridgehead atoms. The predicted octanol–water partition coefficient (Wildman–Crippen LogP) is 2.83. The van der Waals surface area contributed by atoms with E-state index in [1.165, 1.54) is 0 Å². The molecule has 1 heterocycles. The maximum atomic E-state index is 12.3. The SMILES string of the molecule is O=P1(CO)CCC[C@H]1c1ccccc1. The average molecular weight is 210 g/mol. The monoisotopic (exact) mass is 210 g/mol. The third-order valence-corrected chi connectivity index (χ3v) is 6.25. The van der Waals surface area contributed by atoms with Crippen molar-refractivity contribution in [2.45, 2.75) is 18.5 Å². The lowest BCUT2D eigenvalue weighted by Crippen LogP contribution is -1.97. The van der Waals surface area contributed by atoms with Crippen LogP contribution in [0.25, 0.3) is 0 Å². The normalized spacial score (nSPS) is 31.9. The van der Waals surface area contributed by atoms with E-state index in [0.717, 1.165) is 18.4 Å². The van der Waals surface area contributed by atoms with E-state index in [2.05, 4.69) is 0 Å². The number of hydrogen-bond donors (Lipinski definition) is 1. The fraction of sp³-hybridized carbons (Fsp3) is 0.455. The minimum Gasteiger partial charge on any atom is -0.389 e. The van der Waals surface area contributed by atoms with Crippen LogP contribution in [0.1, 0.15) is 24.1 Å². The maximum absolute atomic E-state index is 12.3. The van der Waals surface area contributed by atoms with Gasteiger partial charge in [-0.2, -0.15) is 0 Å². The lowest BCUT2D eigenvalue weighted by molar-refractivity contribution is 0.357. The molecule has 2 rings (SSSR count). The van der Waals surface area contributed by atoms with Gasteiger partial charge in [0.1, 0.15) is 7.14 Å². The molecule has 1 unspecified atom stereocenters. The third kappa shape index (κ3) is 1.65. The quantitative estimate of drug-likeness (QED) is 0.762. The molecule has 0 radical (unpaired) electrons. The second-order valence-corrected chi connectivity index (χ2v) is 7.14. The van der Waals surface area contributed by atoms with Crippen molar-refractivity contribution in [3.8, 4) is 0 Å². The van der Waals surface area contributed by atoms with Crippen LogP contribution >= 0.6 is 7.14 Å². The standard InChI is InChI=1S/C11H15O2P/c12-9-14(13)8-4-7-11(14)10-5-2-1-3-6-10/h1-3,5-6,11-12H,4,7-9H2/t11-,14?/m0/s1. The number of hydrogen-bond acceptors (Lipinski definition) is 2. The van der Waals surface area contributed by atoms with E-state index in [0.29, 0.717) is 6.16 Å². The Morgan fingerprint density at radius 1 is 1.36 bits per heavy atom. The van der Waals surface area contributed by atoms with Gasteiger partial charge in [-0.15, -0.1) is 0 Å². The molecule has 2 atom stereocenters. The summed E-state index contributed by atoms with van der Waals surface area (Å²) in [6.07, 6.45) is 2.52. The average Bonchev–Trinajstić information content (AvgIpc) is 2.63. The minimum absolute atomic E-state index is 0.105. The molecule has 0 aliphatic carbocycles. The van der Waals surface area contributed by atoms with Crippen LogP contribution in [0.4, 0.5) is 0 Å². The summed E-state index contributed by atoms with van der Waals surface area (Å²) < 4.78 is 12.3. The van der Waals surface area contributed by atoms with Crippen LogP contribution in [0.5, 0.6) is 0 Å². The van der Waals surface area contributed by atoms with Crippen molar-refractivity contribution < 1.29 is 9.67 Å². The molecule has 0 spiro atoms. The molecular weight excluding hydrogens is 195 g/mol. The molecule has 1 aromatic rings. The van der Waals surface area contributed by atoms with Gasteiger partial charge in [-0.25, -0.2) is 0 Å². The summed E-state index contributed by atoms with van der Waals surface area (Å²) in [5.74, 6) is 0. The van der Waals surface area contributed by atoms with Crippen LogP contribution in [0.15, 0.2) is 30.3 Å². The molecule has 1 aliphatic rings. The van der Waals surface area contributed by atoms with Crippen LogP contribution in [0, 0.1) is 0 Å². The van der Waals surface area contributed by atoms with Gasteiger partial charge in [0.15, 0.2) is 0 Å². The largest absolute Gasteiger partial charge is 0.389 e. The predicted molar refractivity (Wildman–Crippen MR) is 58.0 cm³/mol. The van der Waals surface area contributed by atoms with E-state index in [1.807, 2.05) is 30.3 Å². The molecular formula is C11H15O2P. The summed E-state index contributed by atoms with van der Waals surface area (Å²) >= 11 is 0. The molecule has 1 aliphatic heterocycles. The topological polar surface area (TPSA) is 37.3 Å². The van der Waals surface area contributed by atoms with Gasteiger partial charge in [-0.3, -0.25) is 0 Å². The van der Waals surface area contributed by atoms with Gasteiger partial charge < -0.3 is 9.67 Å². The van der Waals surface area contributed by atoms with Crippen LogP contribution in [0.3, 0.4) is 0 Å². The van der Waals surface area contributed by atoms with Gasteiger partial charge in [0.25, 0.3) is 0 Å². The fourth-order valence-corrected chi connectivity index (χ4v) is 4.96. The summed E-state index contributed by atoms with van der Waals surface area (Å²) in [7, 11) is -2.33. The van der Waals surface area contributed by atoms with Crippen molar-refractivity contribution in [2.75, 3.05) is 12.5 Å². The van der Waals surface area contributed by atoms with E-state index in [-0.39, 0.29) is 12.0 Å². The Balaban J connectivity index is 2.31. The summed E-state index contributed by atoms with van der Waals surface area (Å²) in [6.45, 7) is 0. The molecule has 0 aromatic heterocycles. The van der Waals surface area contributed by atoms with Crippen molar-refractivity contribution in [1.82, 2.24) is 0 Å². The van der Waals surface area contributed by atoms with Gasteiger partial charge in [-0.1, -0.05) is 30.3 Å². The van der Waals surface area contributed by atoms with Gasteiger partial charge in [0.05, 0.1) is 6.35 Å². The Kier molecular flexibility index (Phi) is 2.76. The Hall–Kier alpha value is -0.590. The number of rotatable bonds is 2. The van der Waals surface area contributed by atoms with E-state index < -0.39 is 7.14 Å². The first-order chi connectivity index (χ1) is 6.76. The molecule has 1 N–H and O–H groups in total. The number of aliphatic hydroxyl groups is 1. The fourth-order valence-electron chi connectivity index (χ4n) is 2.23. The highest BCUT2D eigenvalue weighted by atomic mass is 31.2. The number of aliphatic hydroxyl groups excluding tert-OH is 1. The van der Waals surface area contributed by atoms with Crippen molar-refractivity contribution in [2.24, 2.45) is 0 Å². The van der Waals surface area contributed by atoms with Crippen LogP contribution in [0.2, 0.25) is 0 Å². The second-order valence-electron chi connectivity index (χ2n) is 3.89. The van der Waals surface area contributed by atoms with Crippen molar-refractivity contribution in [3.05, 3.63) is 35.9 Å². The summed E-state index contributed by atoms with van der Waals surface area (Å²) in [4.78, 5) is 0. The molecule has 0 saturated carbocycles. The summed E-state index contributed by atoms with van der Waals surface area (Å²) in [6, 6.07) is 9.92. The molecule has 76 valence electrons. The first kappa shape index (κ1) is 9.95. The zero-order valence-electron chi connectivity index (χ0n) is 8.10.